The number of piperidine rings is 1. The highest BCUT2D eigenvalue weighted by Gasteiger charge is 2.33. The van der Waals surface area contributed by atoms with E-state index in [1.165, 1.54) is 5.56 Å². The first-order chi connectivity index (χ1) is 10.0. The van der Waals surface area contributed by atoms with Crippen molar-refractivity contribution in [3.05, 3.63) is 48.3 Å². The molecule has 0 spiro atoms. The smallest absolute Gasteiger partial charge is 0.0645 e. The van der Waals surface area contributed by atoms with E-state index < -0.39 is 0 Å². The van der Waals surface area contributed by atoms with Crippen LogP contribution < -0.4 is 5.73 Å². The first-order valence-corrected chi connectivity index (χ1v) is 7.61. The fourth-order valence-electron chi connectivity index (χ4n) is 3.05. The van der Waals surface area contributed by atoms with Crippen molar-refractivity contribution >= 4 is 0 Å². The molecular formula is C17H24N4. The Morgan fingerprint density at radius 3 is 2.67 bits per heavy atom. The summed E-state index contributed by atoms with van der Waals surface area (Å²) in [7, 11) is 0. The van der Waals surface area contributed by atoms with Gasteiger partial charge >= 0.3 is 0 Å². The van der Waals surface area contributed by atoms with Gasteiger partial charge in [-0.2, -0.15) is 5.10 Å². The van der Waals surface area contributed by atoms with E-state index in [1.807, 2.05) is 16.9 Å². The molecule has 1 aromatic heterocycles. The highest BCUT2D eigenvalue weighted by Crippen LogP contribution is 2.28. The van der Waals surface area contributed by atoms with Crippen molar-refractivity contribution in [2.45, 2.75) is 32.9 Å². The third kappa shape index (κ3) is 3.17. The fraction of sp³-hybridized carbons (Fsp3) is 0.471. The molecule has 0 bridgehead atoms. The number of hydrogen-bond donors (Lipinski definition) is 1. The molecule has 1 saturated heterocycles. The molecule has 1 aliphatic rings. The van der Waals surface area contributed by atoms with Gasteiger partial charge < -0.3 is 5.73 Å². The van der Waals surface area contributed by atoms with Gasteiger partial charge in [0, 0.05) is 38.1 Å². The number of nitrogens with two attached hydrogens (primary N) is 1. The Kier molecular flexibility index (Phi) is 3.83. The minimum Gasteiger partial charge on any atom is -0.327 e. The van der Waals surface area contributed by atoms with Crippen LogP contribution in [-0.4, -0.2) is 33.8 Å². The number of benzene rings is 1. The van der Waals surface area contributed by atoms with E-state index in [-0.39, 0.29) is 5.41 Å². The molecule has 1 atom stereocenters. The summed E-state index contributed by atoms with van der Waals surface area (Å²) < 4.78 is 1.88. The Labute approximate surface area is 126 Å². The average molecular weight is 284 g/mol. The summed E-state index contributed by atoms with van der Waals surface area (Å²) in [6, 6.07) is 10.9. The molecule has 2 heterocycles. The van der Waals surface area contributed by atoms with Crippen molar-refractivity contribution in [1.82, 2.24) is 14.7 Å². The first-order valence-electron chi connectivity index (χ1n) is 7.61. The van der Waals surface area contributed by atoms with Crippen molar-refractivity contribution in [2.24, 2.45) is 11.1 Å². The average Bonchev–Trinajstić information content (AvgIpc) is 2.98. The Bertz CT molecular complexity index is 571. The monoisotopic (exact) mass is 284 g/mol. The molecular weight excluding hydrogens is 260 g/mol. The highest BCUT2D eigenvalue weighted by atomic mass is 15.3. The molecule has 0 aliphatic carbocycles. The minimum absolute atomic E-state index is 0.202. The number of aromatic nitrogens is 2. The van der Waals surface area contributed by atoms with Crippen LogP contribution in [0.4, 0.5) is 0 Å². The zero-order valence-electron chi connectivity index (χ0n) is 12.9. The van der Waals surface area contributed by atoms with Crippen LogP contribution in [0.15, 0.2) is 42.7 Å². The maximum absolute atomic E-state index is 6.21. The molecule has 1 fully saturated rings. The summed E-state index contributed by atoms with van der Waals surface area (Å²) in [5.41, 5.74) is 8.85. The normalized spacial score (nSPS) is 22.3. The van der Waals surface area contributed by atoms with Gasteiger partial charge in [-0.3, -0.25) is 4.90 Å². The SMILES string of the molecule is CC1(C)CN(Cc2ccc(-n3cccn3)cc2)CCC1N. The Hall–Kier alpha value is -1.65. The van der Waals surface area contributed by atoms with Gasteiger partial charge in [-0.15, -0.1) is 0 Å². The summed E-state index contributed by atoms with van der Waals surface area (Å²) in [5.74, 6) is 0. The molecule has 0 radical (unpaired) electrons. The van der Waals surface area contributed by atoms with Gasteiger partial charge in [0.15, 0.2) is 0 Å². The Morgan fingerprint density at radius 2 is 2.05 bits per heavy atom. The van der Waals surface area contributed by atoms with Gasteiger partial charge in [-0.05, 0) is 35.6 Å². The lowest BCUT2D eigenvalue weighted by Crippen LogP contribution is -2.52. The zero-order valence-corrected chi connectivity index (χ0v) is 12.9. The summed E-state index contributed by atoms with van der Waals surface area (Å²) in [4.78, 5) is 2.51. The molecule has 21 heavy (non-hydrogen) atoms. The van der Waals surface area contributed by atoms with E-state index in [4.69, 9.17) is 5.73 Å². The predicted octanol–water partition coefficient (Wildman–Crippen LogP) is 2.43. The van der Waals surface area contributed by atoms with E-state index >= 15 is 0 Å². The Morgan fingerprint density at radius 1 is 1.29 bits per heavy atom. The molecule has 0 saturated carbocycles. The van der Waals surface area contributed by atoms with E-state index in [0.29, 0.717) is 6.04 Å². The Balaban J connectivity index is 1.66. The van der Waals surface area contributed by atoms with Gasteiger partial charge in [0.2, 0.25) is 0 Å². The maximum atomic E-state index is 6.21. The van der Waals surface area contributed by atoms with Gasteiger partial charge in [0.05, 0.1) is 5.69 Å². The molecule has 2 aromatic rings. The van der Waals surface area contributed by atoms with E-state index in [1.54, 1.807) is 6.20 Å². The second kappa shape index (κ2) is 5.62. The second-order valence-electron chi connectivity index (χ2n) is 6.71. The number of likely N-dealkylation sites (tertiary alicyclic amines) is 1. The molecule has 4 heteroatoms. The third-order valence-electron chi connectivity index (χ3n) is 4.50. The van der Waals surface area contributed by atoms with Gasteiger partial charge in [-0.1, -0.05) is 26.0 Å². The van der Waals surface area contributed by atoms with Gasteiger partial charge in [0.25, 0.3) is 0 Å². The number of nitrogens with zero attached hydrogens (tertiary/aromatic N) is 3. The van der Waals surface area contributed by atoms with Crippen molar-refractivity contribution < 1.29 is 0 Å². The zero-order chi connectivity index (χ0) is 14.9. The van der Waals surface area contributed by atoms with Crippen molar-refractivity contribution in [3.63, 3.8) is 0 Å². The summed E-state index contributed by atoms with van der Waals surface area (Å²) in [5, 5.41) is 4.25. The van der Waals surface area contributed by atoms with Crippen LogP contribution in [0.5, 0.6) is 0 Å². The minimum atomic E-state index is 0.202. The molecule has 0 amide bonds. The van der Waals surface area contributed by atoms with Crippen LogP contribution >= 0.6 is 0 Å². The first kappa shape index (κ1) is 14.3. The van der Waals surface area contributed by atoms with Crippen LogP contribution in [0.1, 0.15) is 25.8 Å². The molecule has 4 nitrogen and oxygen atoms in total. The molecule has 1 aliphatic heterocycles. The third-order valence-corrected chi connectivity index (χ3v) is 4.50. The summed E-state index contributed by atoms with van der Waals surface area (Å²) >= 11 is 0. The summed E-state index contributed by atoms with van der Waals surface area (Å²) in [6.45, 7) is 7.69. The van der Waals surface area contributed by atoms with Crippen LogP contribution in [-0.2, 0) is 6.54 Å². The lowest BCUT2D eigenvalue weighted by molar-refractivity contribution is 0.0899. The van der Waals surface area contributed by atoms with E-state index in [0.717, 1.165) is 31.7 Å². The van der Waals surface area contributed by atoms with E-state index in [9.17, 15) is 0 Å². The molecule has 3 rings (SSSR count). The molecule has 2 N–H and O–H groups in total. The van der Waals surface area contributed by atoms with Crippen molar-refractivity contribution in [2.75, 3.05) is 13.1 Å². The predicted molar refractivity (Wildman–Crippen MR) is 85.2 cm³/mol. The van der Waals surface area contributed by atoms with Crippen molar-refractivity contribution in [1.29, 1.82) is 0 Å². The molecule has 112 valence electrons. The lowest BCUT2D eigenvalue weighted by atomic mass is 9.79. The van der Waals surface area contributed by atoms with Gasteiger partial charge in [0.1, 0.15) is 0 Å². The second-order valence-corrected chi connectivity index (χ2v) is 6.71. The number of rotatable bonds is 3. The standard InChI is InChI=1S/C17H24N4/c1-17(2)13-20(11-8-16(17)18)12-14-4-6-15(7-5-14)21-10-3-9-19-21/h3-7,9-10,16H,8,11-13,18H2,1-2H3. The lowest BCUT2D eigenvalue weighted by Gasteiger charge is -2.42. The largest absolute Gasteiger partial charge is 0.327 e. The quantitative estimate of drug-likeness (QED) is 0.941. The van der Waals surface area contributed by atoms with Crippen LogP contribution in [0, 0.1) is 5.41 Å². The fourth-order valence-corrected chi connectivity index (χ4v) is 3.05. The summed E-state index contributed by atoms with van der Waals surface area (Å²) in [6.07, 6.45) is 4.84. The van der Waals surface area contributed by atoms with Crippen LogP contribution in [0.2, 0.25) is 0 Å². The highest BCUT2D eigenvalue weighted by molar-refractivity contribution is 5.33. The van der Waals surface area contributed by atoms with Crippen LogP contribution in [0.3, 0.4) is 0 Å². The van der Waals surface area contributed by atoms with Gasteiger partial charge in [-0.25, -0.2) is 4.68 Å². The van der Waals surface area contributed by atoms with Crippen LogP contribution in [0.25, 0.3) is 5.69 Å². The maximum Gasteiger partial charge on any atom is 0.0645 e. The molecule has 1 aromatic carbocycles. The number of hydrogen-bond acceptors (Lipinski definition) is 3. The molecule has 1 unspecified atom stereocenters. The van der Waals surface area contributed by atoms with Crippen molar-refractivity contribution in [3.8, 4) is 5.69 Å². The topological polar surface area (TPSA) is 47.1 Å². The van der Waals surface area contributed by atoms with E-state index in [2.05, 4.69) is 48.1 Å².